The Morgan fingerprint density at radius 2 is 1.72 bits per heavy atom. The molecule has 0 spiro atoms. The first-order valence-electron chi connectivity index (χ1n) is 11.6. The van der Waals surface area contributed by atoms with Crippen LogP contribution in [0.25, 0.3) is 22.2 Å². The van der Waals surface area contributed by atoms with Crippen LogP contribution in [-0.4, -0.2) is 56.2 Å². The van der Waals surface area contributed by atoms with Crippen molar-refractivity contribution in [3.8, 4) is 22.8 Å². The summed E-state index contributed by atoms with van der Waals surface area (Å²) in [6.45, 7) is 2.33. The van der Waals surface area contributed by atoms with Gasteiger partial charge in [-0.2, -0.15) is 0 Å². The number of para-hydroxylation sites is 1. The van der Waals surface area contributed by atoms with Gasteiger partial charge in [0.15, 0.2) is 0 Å². The maximum Gasteiger partial charge on any atom is 0.254 e. The van der Waals surface area contributed by atoms with Crippen LogP contribution in [0.5, 0.6) is 11.5 Å². The van der Waals surface area contributed by atoms with E-state index in [-0.39, 0.29) is 5.91 Å². The molecule has 1 aliphatic rings. The number of methoxy groups -OCH3 is 2. The number of carbonyl (C=O) groups is 1. The van der Waals surface area contributed by atoms with Crippen molar-refractivity contribution in [3.63, 3.8) is 0 Å². The third kappa shape index (κ3) is 4.54. The van der Waals surface area contributed by atoms with Gasteiger partial charge in [-0.3, -0.25) is 4.79 Å². The molecule has 0 radical (unpaired) electrons. The molecule has 6 nitrogen and oxygen atoms in total. The van der Waals surface area contributed by atoms with Gasteiger partial charge in [0.2, 0.25) is 0 Å². The summed E-state index contributed by atoms with van der Waals surface area (Å²) in [5.74, 6) is 0.624. The van der Waals surface area contributed by atoms with Crippen LogP contribution in [0, 0.1) is 5.82 Å². The second-order valence-corrected chi connectivity index (χ2v) is 8.92. The number of ether oxygens (including phenoxy) is 2. The molecular formula is C28H25ClFN3O3. The van der Waals surface area contributed by atoms with Gasteiger partial charge in [0.25, 0.3) is 5.91 Å². The van der Waals surface area contributed by atoms with Gasteiger partial charge in [-0.25, -0.2) is 9.37 Å². The fourth-order valence-corrected chi connectivity index (χ4v) is 4.81. The number of nitrogens with zero attached hydrogens (tertiary/aromatic N) is 3. The van der Waals surface area contributed by atoms with E-state index < -0.39 is 5.82 Å². The number of piperazine rings is 1. The molecule has 4 aromatic rings. The van der Waals surface area contributed by atoms with E-state index in [1.807, 2.05) is 36.4 Å². The molecule has 0 aliphatic carbocycles. The Labute approximate surface area is 213 Å². The van der Waals surface area contributed by atoms with Crippen molar-refractivity contribution < 1.29 is 18.7 Å². The fraction of sp³-hybridized carbons (Fsp3) is 0.214. The largest absolute Gasteiger partial charge is 0.497 e. The SMILES string of the molecule is COc1ccc(-c2cc(C(=O)N3CCN(c4ccccc4Cl)CC3)c3cc(F)ccc3n2)c(OC)c1. The summed E-state index contributed by atoms with van der Waals surface area (Å²) in [6.07, 6.45) is 0. The maximum absolute atomic E-state index is 14.2. The second-order valence-electron chi connectivity index (χ2n) is 8.51. The Hall–Kier alpha value is -3.84. The number of hydrogen-bond acceptors (Lipinski definition) is 5. The highest BCUT2D eigenvalue weighted by molar-refractivity contribution is 6.33. The summed E-state index contributed by atoms with van der Waals surface area (Å²) >= 11 is 6.37. The van der Waals surface area contributed by atoms with Crippen molar-refractivity contribution >= 4 is 34.1 Å². The van der Waals surface area contributed by atoms with Crippen LogP contribution in [0.2, 0.25) is 5.02 Å². The van der Waals surface area contributed by atoms with Gasteiger partial charge in [-0.05, 0) is 48.5 Å². The number of aromatic nitrogens is 1. The Morgan fingerprint density at radius 1 is 0.944 bits per heavy atom. The number of anilines is 1. The number of amides is 1. The first kappa shape index (κ1) is 23.9. The molecule has 1 aromatic heterocycles. The maximum atomic E-state index is 14.2. The van der Waals surface area contributed by atoms with Gasteiger partial charge >= 0.3 is 0 Å². The van der Waals surface area contributed by atoms with Gasteiger partial charge in [0.1, 0.15) is 17.3 Å². The number of pyridine rings is 1. The van der Waals surface area contributed by atoms with E-state index in [1.165, 1.54) is 12.1 Å². The highest BCUT2D eigenvalue weighted by Crippen LogP contribution is 2.35. The fourth-order valence-electron chi connectivity index (χ4n) is 4.55. The second kappa shape index (κ2) is 10.0. The van der Waals surface area contributed by atoms with E-state index in [0.717, 1.165) is 5.69 Å². The van der Waals surface area contributed by atoms with E-state index in [2.05, 4.69) is 4.90 Å². The minimum absolute atomic E-state index is 0.166. The zero-order valence-corrected chi connectivity index (χ0v) is 20.8. The Morgan fingerprint density at radius 3 is 2.44 bits per heavy atom. The first-order valence-corrected chi connectivity index (χ1v) is 12.0. The predicted molar refractivity (Wildman–Crippen MR) is 140 cm³/mol. The van der Waals surface area contributed by atoms with E-state index in [9.17, 15) is 9.18 Å². The topological polar surface area (TPSA) is 54.9 Å². The lowest BCUT2D eigenvalue weighted by molar-refractivity contribution is 0.0748. The van der Waals surface area contributed by atoms with Crippen LogP contribution < -0.4 is 14.4 Å². The molecule has 0 saturated carbocycles. The first-order chi connectivity index (χ1) is 17.5. The van der Waals surface area contributed by atoms with Gasteiger partial charge in [0.05, 0.1) is 41.7 Å². The zero-order chi connectivity index (χ0) is 25.2. The number of benzene rings is 3. The Kier molecular flexibility index (Phi) is 6.65. The van der Waals surface area contributed by atoms with E-state index >= 15 is 0 Å². The van der Waals surface area contributed by atoms with Crippen molar-refractivity contribution in [2.75, 3.05) is 45.3 Å². The molecule has 0 unspecified atom stereocenters. The molecular weight excluding hydrogens is 481 g/mol. The Bertz CT molecular complexity index is 1440. The molecule has 0 bridgehead atoms. The van der Waals surface area contributed by atoms with Gasteiger partial charge in [0, 0.05) is 43.2 Å². The van der Waals surface area contributed by atoms with Crippen LogP contribution >= 0.6 is 11.6 Å². The van der Waals surface area contributed by atoms with Gasteiger partial charge in [-0.15, -0.1) is 0 Å². The summed E-state index contributed by atoms with van der Waals surface area (Å²) in [7, 11) is 3.15. The average molecular weight is 506 g/mol. The quantitative estimate of drug-likeness (QED) is 0.349. The number of halogens is 2. The van der Waals surface area contributed by atoms with Crippen molar-refractivity contribution in [2.24, 2.45) is 0 Å². The summed E-state index contributed by atoms with van der Waals surface area (Å²) < 4.78 is 25.1. The smallest absolute Gasteiger partial charge is 0.254 e. The standard InChI is InChI=1S/C28H25ClFN3O3/c1-35-19-8-9-20(27(16-19)36-2)25-17-22(21-15-18(30)7-10-24(21)31-25)28(34)33-13-11-32(12-14-33)26-6-4-3-5-23(26)29/h3-10,15-17H,11-14H2,1-2H3. The van der Waals surface area contributed by atoms with Crippen molar-refractivity contribution in [1.29, 1.82) is 0 Å². The van der Waals surface area contributed by atoms with Crippen molar-refractivity contribution in [1.82, 2.24) is 9.88 Å². The molecule has 1 fully saturated rings. The molecule has 1 aliphatic heterocycles. The van der Waals surface area contributed by atoms with Crippen LogP contribution in [0.15, 0.2) is 66.7 Å². The van der Waals surface area contributed by atoms with Crippen LogP contribution in [0.1, 0.15) is 10.4 Å². The van der Waals surface area contributed by atoms with Crippen molar-refractivity contribution in [3.05, 3.63) is 83.1 Å². The summed E-state index contributed by atoms with van der Waals surface area (Å²) in [4.78, 5) is 22.4. The molecule has 5 rings (SSSR count). The molecule has 8 heteroatoms. The minimum Gasteiger partial charge on any atom is -0.497 e. The lowest BCUT2D eigenvalue weighted by Crippen LogP contribution is -2.49. The summed E-state index contributed by atoms with van der Waals surface area (Å²) in [5.41, 5.74) is 3.16. The number of rotatable bonds is 5. The number of carbonyl (C=O) groups excluding carboxylic acids is 1. The molecule has 0 N–H and O–H groups in total. The van der Waals surface area contributed by atoms with E-state index in [1.54, 1.807) is 37.3 Å². The van der Waals surface area contributed by atoms with Crippen LogP contribution in [0.3, 0.4) is 0 Å². The molecule has 36 heavy (non-hydrogen) atoms. The van der Waals surface area contributed by atoms with Crippen LogP contribution in [-0.2, 0) is 0 Å². The van der Waals surface area contributed by atoms with Gasteiger partial charge < -0.3 is 19.3 Å². The molecule has 3 aromatic carbocycles. The molecule has 0 atom stereocenters. The summed E-state index contributed by atoms with van der Waals surface area (Å²) in [6, 6.07) is 19.1. The van der Waals surface area contributed by atoms with E-state index in [0.29, 0.717) is 70.4 Å². The molecule has 1 saturated heterocycles. The third-order valence-corrected chi connectivity index (χ3v) is 6.77. The van der Waals surface area contributed by atoms with Crippen molar-refractivity contribution in [2.45, 2.75) is 0 Å². The highest BCUT2D eigenvalue weighted by Gasteiger charge is 2.26. The Balaban J connectivity index is 1.50. The van der Waals surface area contributed by atoms with Crippen LogP contribution in [0.4, 0.5) is 10.1 Å². The minimum atomic E-state index is -0.420. The lowest BCUT2D eigenvalue weighted by atomic mass is 10.0. The normalized spacial score (nSPS) is 13.7. The van der Waals surface area contributed by atoms with E-state index in [4.69, 9.17) is 26.1 Å². The molecule has 184 valence electrons. The average Bonchev–Trinajstić information content (AvgIpc) is 2.92. The zero-order valence-electron chi connectivity index (χ0n) is 20.0. The molecule has 1 amide bonds. The third-order valence-electron chi connectivity index (χ3n) is 6.45. The highest BCUT2D eigenvalue weighted by atomic mass is 35.5. The van der Waals surface area contributed by atoms with Gasteiger partial charge in [-0.1, -0.05) is 23.7 Å². The molecule has 2 heterocycles. The summed E-state index contributed by atoms with van der Waals surface area (Å²) in [5, 5.41) is 1.16. The number of hydrogen-bond donors (Lipinski definition) is 0. The predicted octanol–water partition coefficient (Wildman–Crippen LogP) is 5.67. The number of fused-ring (bicyclic) bond motifs is 1. The monoisotopic (exact) mass is 505 g/mol. The lowest BCUT2D eigenvalue weighted by Gasteiger charge is -2.36.